The largest absolute Gasteiger partial charge is 0.440 e. The average molecular weight is 603 g/mol. The van der Waals surface area contributed by atoms with Gasteiger partial charge in [-0.15, -0.1) is 0 Å². The number of hydrogen-bond acceptors (Lipinski definition) is 3. The molecule has 0 aliphatic heterocycles. The smallest absolute Gasteiger partial charge is 0.251 e. The molecule has 0 unspecified atom stereocenters. The Bertz CT molecular complexity index is 1770. The first-order valence-corrected chi connectivity index (χ1v) is 16.3. The molecule has 1 amide bonds. The maximum Gasteiger partial charge on any atom is 0.251 e. The molecule has 1 fully saturated rings. The van der Waals surface area contributed by atoms with E-state index in [-0.39, 0.29) is 17.7 Å². The molecule has 0 radical (unpaired) electrons. The maximum atomic E-state index is 13.5. The summed E-state index contributed by atoms with van der Waals surface area (Å²) < 4.78 is 6.62. The third-order valence-electron chi connectivity index (χ3n) is 9.26. The van der Waals surface area contributed by atoms with Gasteiger partial charge in [0.2, 0.25) is 0 Å². The van der Waals surface area contributed by atoms with Gasteiger partial charge >= 0.3 is 0 Å². The van der Waals surface area contributed by atoms with Gasteiger partial charge in [-0.25, -0.2) is 4.98 Å². The molecular weight excluding hydrogens is 564 g/mol. The topological polar surface area (TPSA) is 55.1 Å². The summed E-state index contributed by atoms with van der Waals surface area (Å²) in [5, 5.41) is 3.23. The molecular formula is C42H38N2O2. The number of nitrogens with zero attached hydrogens (tertiary/aromatic N) is 1. The molecule has 6 aromatic rings. The minimum atomic E-state index is -0.0469. The van der Waals surface area contributed by atoms with Crippen molar-refractivity contribution in [2.24, 2.45) is 5.92 Å². The van der Waals surface area contributed by atoms with E-state index in [1.807, 2.05) is 60.7 Å². The number of nitrogens with one attached hydrogen (secondary N) is 1. The lowest BCUT2D eigenvalue weighted by Gasteiger charge is -2.19. The fourth-order valence-corrected chi connectivity index (χ4v) is 6.92. The molecule has 228 valence electrons. The van der Waals surface area contributed by atoms with Crippen LogP contribution >= 0.6 is 0 Å². The Labute approximate surface area is 271 Å². The lowest BCUT2D eigenvalue weighted by molar-refractivity contribution is 0.0952. The standard InChI is InChI=1S/C42H38N2O2/c45-41(43-29-38(31-16-5-1-6-17-31)32-18-7-2-8-19-32)36-25-13-15-30(28-36)27-35-24-14-26-37(35)42-44-39(33-20-9-3-10-21-33)40(46-42)34-22-11-4-12-23-34/h1-13,15-23,25,28,35,37-38H,14,24,26-27,29H2,(H,43,45)/t35-,37+/m0/s1. The Morgan fingerprint density at radius 3 is 1.98 bits per heavy atom. The highest BCUT2D eigenvalue weighted by atomic mass is 16.4. The highest BCUT2D eigenvalue weighted by Crippen LogP contribution is 2.44. The van der Waals surface area contributed by atoms with Crippen molar-refractivity contribution in [2.45, 2.75) is 37.5 Å². The Hall–Kier alpha value is -5.22. The van der Waals surface area contributed by atoms with Gasteiger partial charge in [0.15, 0.2) is 11.7 Å². The minimum absolute atomic E-state index is 0.0469. The number of benzene rings is 5. The Morgan fingerprint density at radius 2 is 1.33 bits per heavy atom. The van der Waals surface area contributed by atoms with Gasteiger partial charge in [0.1, 0.15) is 5.69 Å². The van der Waals surface area contributed by atoms with Gasteiger partial charge in [0.25, 0.3) is 5.91 Å². The van der Waals surface area contributed by atoms with Crippen LogP contribution in [0.4, 0.5) is 0 Å². The molecule has 1 aliphatic carbocycles. The van der Waals surface area contributed by atoms with Crippen LogP contribution in [0.5, 0.6) is 0 Å². The second-order valence-corrected chi connectivity index (χ2v) is 12.2. The third kappa shape index (κ3) is 6.57. The van der Waals surface area contributed by atoms with Gasteiger partial charge in [0.05, 0.1) is 0 Å². The summed E-state index contributed by atoms with van der Waals surface area (Å²) in [6, 6.07) is 49.5. The Kier molecular flexibility index (Phi) is 8.86. The predicted molar refractivity (Wildman–Crippen MR) is 185 cm³/mol. The molecule has 46 heavy (non-hydrogen) atoms. The highest BCUT2D eigenvalue weighted by molar-refractivity contribution is 5.94. The second kappa shape index (κ2) is 13.8. The number of rotatable bonds is 10. The van der Waals surface area contributed by atoms with Crippen molar-refractivity contribution in [3.8, 4) is 22.6 Å². The van der Waals surface area contributed by atoms with Crippen molar-refractivity contribution in [3.63, 3.8) is 0 Å². The van der Waals surface area contributed by atoms with Crippen LogP contribution < -0.4 is 5.32 Å². The van der Waals surface area contributed by atoms with Gasteiger partial charge in [0, 0.05) is 35.1 Å². The van der Waals surface area contributed by atoms with Crippen molar-refractivity contribution in [1.29, 1.82) is 0 Å². The zero-order chi connectivity index (χ0) is 31.1. The molecule has 0 bridgehead atoms. The van der Waals surface area contributed by atoms with Crippen LogP contribution in [0.25, 0.3) is 22.6 Å². The molecule has 7 rings (SSSR count). The average Bonchev–Trinajstić information content (AvgIpc) is 3.78. The Balaban J connectivity index is 1.08. The van der Waals surface area contributed by atoms with Crippen LogP contribution in [0.2, 0.25) is 0 Å². The number of amides is 1. The molecule has 1 N–H and O–H groups in total. The summed E-state index contributed by atoms with van der Waals surface area (Å²) >= 11 is 0. The van der Waals surface area contributed by atoms with Crippen LogP contribution in [-0.4, -0.2) is 17.4 Å². The molecule has 1 aliphatic rings. The highest BCUT2D eigenvalue weighted by Gasteiger charge is 2.34. The fraction of sp³-hybridized carbons (Fsp3) is 0.190. The van der Waals surface area contributed by atoms with E-state index in [0.29, 0.717) is 18.0 Å². The summed E-state index contributed by atoms with van der Waals surface area (Å²) in [5.41, 5.74) is 7.24. The van der Waals surface area contributed by atoms with E-state index in [4.69, 9.17) is 9.40 Å². The summed E-state index contributed by atoms with van der Waals surface area (Å²) in [6.45, 7) is 0.527. The molecule has 4 heteroatoms. The van der Waals surface area contributed by atoms with Gasteiger partial charge in [-0.1, -0.05) is 140 Å². The van der Waals surface area contributed by atoms with Gasteiger partial charge in [-0.3, -0.25) is 4.79 Å². The minimum Gasteiger partial charge on any atom is -0.440 e. The van der Waals surface area contributed by atoms with E-state index in [0.717, 1.165) is 54.2 Å². The van der Waals surface area contributed by atoms with Crippen molar-refractivity contribution in [2.75, 3.05) is 6.54 Å². The van der Waals surface area contributed by atoms with Crippen molar-refractivity contribution < 1.29 is 9.21 Å². The zero-order valence-corrected chi connectivity index (χ0v) is 25.9. The number of carbonyl (C=O) groups excluding carboxylic acids is 1. The normalized spacial score (nSPS) is 16.0. The number of aromatic nitrogens is 1. The lowest BCUT2D eigenvalue weighted by Crippen LogP contribution is -2.29. The van der Waals surface area contributed by atoms with Crippen LogP contribution in [0.15, 0.2) is 150 Å². The van der Waals surface area contributed by atoms with Crippen molar-refractivity contribution >= 4 is 5.91 Å². The summed E-state index contributed by atoms with van der Waals surface area (Å²) in [5.74, 6) is 2.31. The van der Waals surface area contributed by atoms with Gasteiger partial charge in [-0.05, 0) is 54.0 Å². The quantitative estimate of drug-likeness (QED) is 0.170. The molecule has 5 aromatic carbocycles. The van der Waals surface area contributed by atoms with E-state index >= 15 is 0 Å². The molecule has 4 nitrogen and oxygen atoms in total. The van der Waals surface area contributed by atoms with Crippen molar-refractivity contribution in [3.05, 3.63) is 174 Å². The van der Waals surface area contributed by atoms with Crippen molar-refractivity contribution in [1.82, 2.24) is 10.3 Å². The number of hydrogen-bond donors (Lipinski definition) is 1. The lowest BCUT2D eigenvalue weighted by atomic mass is 9.89. The zero-order valence-electron chi connectivity index (χ0n) is 25.9. The Morgan fingerprint density at radius 1 is 0.717 bits per heavy atom. The van der Waals surface area contributed by atoms with E-state index in [9.17, 15) is 4.79 Å². The molecule has 1 saturated carbocycles. The maximum absolute atomic E-state index is 13.5. The van der Waals surface area contributed by atoms with Gasteiger partial charge in [-0.2, -0.15) is 0 Å². The molecule has 2 atom stereocenters. The summed E-state index contributed by atoms with van der Waals surface area (Å²) in [4.78, 5) is 18.6. The van der Waals surface area contributed by atoms with E-state index < -0.39 is 0 Å². The van der Waals surface area contributed by atoms with E-state index in [2.05, 4.69) is 90.2 Å². The van der Waals surface area contributed by atoms with E-state index in [1.54, 1.807) is 0 Å². The molecule has 1 heterocycles. The van der Waals surface area contributed by atoms with E-state index in [1.165, 1.54) is 16.7 Å². The third-order valence-corrected chi connectivity index (χ3v) is 9.26. The van der Waals surface area contributed by atoms with Crippen LogP contribution in [0.3, 0.4) is 0 Å². The predicted octanol–water partition coefficient (Wildman–Crippen LogP) is 9.70. The first-order valence-electron chi connectivity index (χ1n) is 16.3. The molecule has 1 aromatic heterocycles. The van der Waals surface area contributed by atoms with Gasteiger partial charge < -0.3 is 9.73 Å². The van der Waals surface area contributed by atoms with Crippen LogP contribution in [0, 0.1) is 5.92 Å². The monoisotopic (exact) mass is 602 g/mol. The van der Waals surface area contributed by atoms with Crippen LogP contribution in [-0.2, 0) is 6.42 Å². The second-order valence-electron chi connectivity index (χ2n) is 12.2. The first kappa shape index (κ1) is 29.5. The summed E-state index contributed by atoms with van der Waals surface area (Å²) in [7, 11) is 0. The molecule has 0 saturated heterocycles. The summed E-state index contributed by atoms with van der Waals surface area (Å²) in [6.07, 6.45) is 4.18. The molecule has 0 spiro atoms. The first-order chi connectivity index (χ1) is 22.7. The number of oxazole rings is 1. The number of carbonyl (C=O) groups is 1. The fourth-order valence-electron chi connectivity index (χ4n) is 6.92. The SMILES string of the molecule is O=C(NCC(c1ccccc1)c1ccccc1)c1cccc(C[C@@H]2CCC[C@H]2c2nc(-c3ccccc3)c(-c3ccccc3)o2)c1. The van der Waals surface area contributed by atoms with Crippen LogP contribution in [0.1, 0.15) is 64.0 Å².